The van der Waals surface area contributed by atoms with Gasteiger partial charge in [0.2, 0.25) is 0 Å². The zero-order valence-corrected chi connectivity index (χ0v) is 14.7. The van der Waals surface area contributed by atoms with Crippen LogP contribution in [0.4, 0.5) is 5.69 Å². The van der Waals surface area contributed by atoms with Gasteiger partial charge in [0.1, 0.15) is 0 Å². The number of rotatable bonds is 3. The van der Waals surface area contributed by atoms with Gasteiger partial charge in [-0.1, -0.05) is 11.6 Å². The van der Waals surface area contributed by atoms with E-state index in [1.165, 1.54) is 6.42 Å². The lowest BCUT2D eigenvalue weighted by Crippen LogP contribution is -2.49. The van der Waals surface area contributed by atoms with E-state index >= 15 is 0 Å². The Labute approximate surface area is 127 Å². The highest BCUT2D eigenvalue weighted by Gasteiger charge is 2.58. The highest BCUT2D eigenvalue weighted by Crippen LogP contribution is 2.68. The predicted octanol–water partition coefficient (Wildman–Crippen LogP) is 4.73. The van der Waals surface area contributed by atoms with Crippen LogP contribution in [0.1, 0.15) is 30.4 Å². The first-order valence-electron chi connectivity index (χ1n) is 7.07. The largest absolute Gasteiger partial charge is 0.322 e. The van der Waals surface area contributed by atoms with E-state index in [0.29, 0.717) is 0 Å². The van der Waals surface area contributed by atoms with Crippen molar-refractivity contribution < 1.29 is 4.79 Å². The molecule has 2 nitrogen and oxygen atoms in total. The number of halogens is 1. The average Bonchev–Trinajstić information content (AvgIpc) is 2.19. The Morgan fingerprint density at radius 1 is 1.20 bits per heavy atom. The van der Waals surface area contributed by atoms with Crippen LogP contribution in [0.25, 0.3) is 0 Å². The van der Waals surface area contributed by atoms with Crippen molar-refractivity contribution in [1.29, 1.82) is 0 Å². The number of anilines is 1. The third-order valence-electron chi connectivity index (χ3n) is 4.62. The first-order valence-corrected chi connectivity index (χ1v) is 10.6. The molecule has 0 spiro atoms. The van der Waals surface area contributed by atoms with Crippen molar-refractivity contribution in [2.24, 2.45) is 0 Å². The fraction of sp³-hybridized carbons (Fsp3) is 0.562. The molecule has 110 valence electrons. The Kier molecular flexibility index (Phi) is 4.19. The fourth-order valence-corrected chi connectivity index (χ4v) is 5.70. The number of nitrogens with one attached hydrogen (secondary N) is 1. The molecule has 2 rings (SSSR count). The molecule has 0 aliphatic heterocycles. The molecule has 1 aromatic carbocycles. The van der Waals surface area contributed by atoms with Gasteiger partial charge >= 0.3 is 0 Å². The number of amides is 1. The van der Waals surface area contributed by atoms with E-state index in [1.807, 2.05) is 26.0 Å². The van der Waals surface area contributed by atoms with Crippen molar-refractivity contribution in [3.05, 3.63) is 28.3 Å². The van der Waals surface area contributed by atoms with Crippen LogP contribution in [0.2, 0.25) is 5.02 Å². The molecular weight excluding hydrogens is 289 g/mol. The van der Waals surface area contributed by atoms with Crippen LogP contribution in [-0.2, 0) is 4.79 Å². The van der Waals surface area contributed by atoms with Crippen molar-refractivity contribution in [2.75, 3.05) is 25.3 Å². The van der Waals surface area contributed by atoms with Gasteiger partial charge in [0, 0.05) is 38.0 Å². The Balaban J connectivity index is 2.29. The SMILES string of the molecule is Cc1cc(Cl)cc(C)c1NC(=O)C1([P+](C)(C)C)CCC1. The lowest BCUT2D eigenvalue weighted by molar-refractivity contribution is -0.120. The molecular formula is C16H24ClNOP+. The summed E-state index contributed by atoms with van der Waals surface area (Å²) < 4.78 is 0. The second kappa shape index (κ2) is 5.31. The van der Waals surface area contributed by atoms with Crippen molar-refractivity contribution in [2.45, 2.75) is 38.3 Å². The summed E-state index contributed by atoms with van der Waals surface area (Å²) in [6.07, 6.45) is 3.23. The first-order chi connectivity index (χ1) is 9.17. The number of carbonyl (C=O) groups excluding carboxylic acids is 1. The molecule has 0 bridgehead atoms. The molecule has 0 saturated heterocycles. The molecule has 0 aromatic heterocycles. The smallest absolute Gasteiger partial charge is 0.268 e. The Morgan fingerprint density at radius 2 is 1.70 bits per heavy atom. The van der Waals surface area contributed by atoms with Crippen LogP contribution in [0.15, 0.2) is 12.1 Å². The summed E-state index contributed by atoms with van der Waals surface area (Å²) in [7, 11) is -1.22. The third kappa shape index (κ3) is 2.61. The standard InChI is InChI=1S/C16H23ClNOP/c1-11-9-13(17)10-12(2)14(11)18-15(19)16(7-6-8-16)20(3,4)5/h9-10H,6-8H2,1-5H3/p+1. The molecule has 1 saturated carbocycles. The van der Waals surface area contributed by atoms with Gasteiger partial charge in [-0.3, -0.25) is 4.79 Å². The van der Waals surface area contributed by atoms with Gasteiger partial charge in [0.25, 0.3) is 5.91 Å². The normalized spacial score (nSPS) is 17.5. The van der Waals surface area contributed by atoms with E-state index in [9.17, 15) is 4.79 Å². The Morgan fingerprint density at radius 3 is 2.05 bits per heavy atom. The summed E-state index contributed by atoms with van der Waals surface area (Å²) in [5.74, 6) is 0.207. The van der Waals surface area contributed by atoms with Gasteiger partial charge < -0.3 is 5.32 Å². The summed E-state index contributed by atoms with van der Waals surface area (Å²) in [6, 6.07) is 3.81. The summed E-state index contributed by atoms with van der Waals surface area (Å²) >= 11 is 6.05. The predicted molar refractivity (Wildman–Crippen MR) is 90.8 cm³/mol. The summed E-state index contributed by atoms with van der Waals surface area (Å²) in [4.78, 5) is 12.8. The van der Waals surface area contributed by atoms with Crippen LogP contribution in [-0.4, -0.2) is 31.1 Å². The molecule has 0 atom stereocenters. The maximum Gasteiger partial charge on any atom is 0.268 e. The minimum absolute atomic E-state index is 0.120. The van der Waals surface area contributed by atoms with Gasteiger partial charge in [-0.2, -0.15) is 0 Å². The van der Waals surface area contributed by atoms with Crippen LogP contribution in [0, 0.1) is 13.8 Å². The lowest BCUT2D eigenvalue weighted by Gasteiger charge is -2.44. The van der Waals surface area contributed by atoms with E-state index in [-0.39, 0.29) is 11.1 Å². The molecule has 1 N–H and O–H groups in total. The van der Waals surface area contributed by atoms with E-state index in [4.69, 9.17) is 11.6 Å². The minimum atomic E-state index is -1.22. The quantitative estimate of drug-likeness (QED) is 0.804. The monoisotopic (exact) mass is 312 g/mol. The van der Waals surface area contributed by atoms with Gasteiger partial charge in [-0.05, 0) is 56.4 Å². The van der Waals surface area contributed by atoms with E-state index in [2.05, 4.69) is 25.3 Å². The molecule has 0 heterocycles. The minimum Gasteiger partial charge on any atom is -0.322 e. The zero-order valence-electron chi connectivity index (χ0n) is 13.0. The molecule has 1 aromatic rings. The van der Waals surface area contributed by atoms with Crippen LogP contribution >= 0.6 is 18.9 Å². The van der Waals surface area contributed by atoms with Crippen molar-refractivity contribution in [3.8, 4) is 0 Å². The van der Waals surface area contributed by atoms with Gasteiger partial charge in [0.15, 0.2) is 5.16 Å². The van der Waals surface area contributed by atoms with Gasteiger partial charge in [-0.15, -0.1) is 0 Å². The summed E-state index contributed by atoms with van der Waals surface area (Å²) in [5, 5.41) is 3.79. The van der Waals surface area contributed by atoms with Crippen molar-refractivity contribution in [1.82, 2.24) is 0 Å². The second-order valence-electron chi connectivity index (χ2n) is 6.77. The maximum absolute atomic E-state index is 12.8. The molecule has 1 amide bonds. The van der Waals surface area contributed by atoms with E-state index in [1.54, 1.807) is 0 Å². The fourth-order valence-electron chi connectivity index (χ4n) is 3.05. The molecule has 1 fully saturated rings. The number of hydrogen-bond acceptors (Lipinski definition) is 1. The molecule has 0 unspecified atom stereocenters. The number of carbonyl (C=O) groups is 1. The highest BCUT2D eigenvalue weighted by atomic mass is 35.5. The molecule has 0 radical (unpaired) electrons. The highest BCUT2D eigenvalue weighted by molar-refractivity contribution is 7.76. The maximum atomic E-state index is 12.8. The summed E-state index contributed by atoms with van der Waals surface area (Å²) in [6.45, 7) is 10.8. The van der Waals surface area contributed by atoms with Gasteiger partial charge in [0.05, 0.1) is 0 Å². The molecule has 4 heteroatoms. The van der Waals surface area contributed by atoms with E-state index < -0.39 is 7.26 Å². The number of aryl methyl sites for hydroxylation is 2. The molecule has 20 heavy (non-hydrogen) atoms. The number of hydrogen-bond donors (Lipinski definition) is 1. The van der Waals surface area contributed by atoms with Crippen molar-refractivity contribution >= 4 is 30.5 Å². The number of benzene rings is 1. The first kappa shape index (κ1) is 15.8. The van der Waals surface area contributed by atoms with Crippen LogP contribution in [0.3, 0.4) is 0 Å². The van der Waals surface area contributed by atoms with Crippen LogP contribution < -0.4 is 5.32 Å². The zero-order chi connectivity index (χ0) is 15.1. The lowest BCUT2D eigenvalue weighted by atomic mass is 9.83. The van der Waals surface area contributed by atoms with Crippen molar-refractivity contribution in [3.63, 3.8) is 0 Å². The second-order valence-corrected chi connectivity index (χ2v) is 12.1. The van der Waals surface area contributed by atoms with Gasteiger partial charge in [-0.25, -0.2) is 0 Å². The molecule has 1 aliphatic carbocycles. The topological polar surface area (TPSA) is 29.1 Å². The molecule has 1 aliphatic rings. The average molecular weight is 313 g/mol. The Hall–Kier alpha value is -0.590. The van der Waals surface area contributed by atoms with Crippen LogP contribution in [0.5, 0.6) is 0 Å². The summed E-state index contributed by atoms with van der Waals surface area (Å²) in [5.41, 5.74) is 2.99. The Bertz CT molecular complexity index is 521. The van der Waals surface area contributed by atoms with E-state index in [0.717, 1.165) is 34.7 Å². The third-order valence-corrected chi connectivity index (χ3v) is 8.06.